The number of ether oxygens (including phenoxy) is 3. The molecular weight excluding hydrogens is 200 g/mol. The van der Waals surface area contributed by atoms with Gasteiger partial charge in [-0.1, -0.05) is 0 Å². The summed E-state index contributed by atoms with van der Waals surface area (Å²) in [4.78, 5) is 21.4. The molecule has 0 bridgehead atoms. The zero-order valence-electron chi connectivity index (χ0n) is 8.76. The molecule has 1 aliphatic rings. The van der Waals surface area contributed by atoms with Crippen LogP contribution in [0, 0.1) is 0 Å². The van der Waals surface area contributed by atoms with Crippen molar-refractivity contribution in [2.45, 2.75) is 32.5 Å². The van der Waals surface area contributed by atoms with Gasteiger partial charge in [-0.2, -0.15) is 0 Å². The van der Waals surface area contributed by atoms with Crippen LogP contribution in [-0.2, 0) is 23.8 Å². The molecule has 0 amide bonds. The van der Waals surface area contributed by atoms with Crippen molar-refractivity contribution >= 4 is 11.9 Å². The largest absolute Gasteiger partial charge is 0.491 e. The lowest BCUT2D eigenvalue weighted by Crippen LogP contribution is -2.37. The van der Waals surface area contributed by atoms with Gasteiger partial charge in [0.1, 0.15) is 12.7 Å². The standard InChI is InChI=1S/C10H14O5/c1-7(11)14-6-10-9(15-8(2)12)4-3-5-13-10/h3,5,9-10H,4,6H2,1-2H3/t9-,10+/m0/s1. The van der Waals surface area contributed by atoms with Crippen LogP contribution in [0.2, 0.25) is 0 Å². The van der Waals surface area contributed by atoms with Gasteiger partial charge in [-0.3, -0.25) is 9.59 Å². The van der Waals surface area contributed by atoms with Crippen molar-refractivity contribution in [2.24, 2.45) is 0 Å². The molecule has 0 saturated heterocycles. The second kappa shape index (κ2) is 5.38. The van der Waals surface area contributed by atoms with Crippen molar-refractivity contribution < 1.29 is 23.8 Å². The third-order valence-electron chi connectivity index (χ3n) is 1.90. The Morgan fingerprint density at radius 1 is 1.40 bits per heavy atom. The Labute approximate surface area is 88.0 Å². The Morgan fingerprint density at radius 2 is 2.13 bits per heavy atom. The van der Waals surface area contributed by atoms with Crippen molar-refractivity contribution in [3.8, 4) is 0 Å². The number of esters is 2. The van der Waals surface area contributed by atoms with Gasteiger partial charge in [-0.25, -0.2) is 0 Å². The van der Waals surface area contributed by atoms with E-state index in [9.17, 15) is 9.59 Å². The van der Waals surface area contributed by atoms with Crippen molar-refractivity contribution in [2.75, 3.05) is 6.61 Å². The highest BCUT2D eigenvalue weighted by molar-refractivity contribution is 5.66. The molecule has 0 aromatic heterocycles. The summed E-state index contributed by atoms with van der Waals surface area (Å²) < 4.78 is 15.0. The van der Waals surface area contributed by atoms with Crippen LogP contribution in [0.15, 0.2) is 12.3 Å². The molecule has 0 spiro atoms. The second-order valence-electron chi connectivity index (χ2n) is 3.23. The number of carbonyl (C=O) groups excluding carboxylic acids is 2. The molecule has 0 unspecified atom stereocenters. The third-order valence-corrected chi connectivity index (χ3v) is 1.90. The van der Waals surface area contributed by atoms with Gasteiger partial charge in [0.05, 0.1) is 6.26 Å². The molecule has 0 radical (unpaired) electrons. The van der Waals surface area contributed by atoms with Crippen LogP contribution in [-0.4, -0.2) is 30.8 Å². The summed E-state index contributed by atoms with van der Waals surface area (Å²) in [5, 5.41) is 0. The molecular formula is C10H14O5. The van der Waals surface area contributed by atoms with E-state index in [-0.39, 0.29) is 24.6 Å². The SMILES string of the molecule is CC(=O)OC[C@H]1OC=CC[C@@H]1OC(C)=O. The first-order chi connectivity index (χ1) is 7.09. The van der Waals surface area contributed by atoms with Gasteiger partial charge >= 0.3 is 11.9 Å². The summed E-state index contributed by atoms with van der Waals surface area (Å²) >= 11 is 0. The van der Waals surface area contributed by atoms with Gasteiger partial charge in [0.15, 0.2) is 6.10 Å². The molecule has 5 nitrogen and oxygen atoms in total. The summed E-state index contributed by atoms with van der Waals surface area (Å²) in [5.74, 6) is -0.749. The van der Waals surface area contributed by atoms with Crippen LogP contribution >= 0.6 is 0 Å². The highest BCUT2D eigenvalue weighted by Crippen LogP contribution is 2.15. The highest BCUT2D eigenvalue weighted by atomic mass is 16.6. The molecule has 1 rings (SSSR count). The molecule has 15 heavy (non-hydrogen) atoms. The lowest BCUT2D eigenvalue weighted by molar-refractivity contribution is -0.159. The summed E-state index contributed by atoms with van der Waals surface area (Å²) in [7, 11) is 0. The fourth-order valence-corrected chi connectivity index (χ4v) is 1.27. The molecule has 2 atom stereocenters. The first-order valence-corrected chi connectivity index (χ1v) is 4.70. The van der Waals surface area contributed by atoms with Crippen LogP contribution in [0.1, 0.15) is 20.3 Å². The average molecular weight is 214 g/mol. The van der Waals surface area contributed by atoms with Crippen molar-refractivity contribution in [3.05, 3.63) is 12.3 Å². The van der Waals surface area contributed by atoms with E-state index in [4.69, 9.17) is 14.2 Å². The molecule has 1 heterocycles. The Hall–Kier alpha value is -1.52. The zero-order chi connectivity index (χ0) is 11.3. The highest BCUT2D eigenvalue weighted by Gasteiger charge is 2.27. The lowest BCUT2D eigenvalue weighted by Gasteiger charge is -2.27. The topological polar surface area (TPSA) is 61.8 Å². The number of carbonyl (C=O) groups is 2. The Bertz CT molecular complexity index is 271. The average Bonchev–Trinajstić information content (AvgIpc) is 2.15. The van der Waals surface area contributed by atoms with Gasteiger partial charge < -0.3 is 14.2 Å². The van der Waals surface area contributed by atoms with E-state index in [1.165, 1.54) is 20.1 Å². The Balaban J connectivity index is 2.47. The quantitative estimate of drug-likeness (QED) is 0.650. The minimum absolute atomic E-state index is 0.0949. The van der Waals surface area contributed by atoms with Gasteiger partial charge in [0, 0.05) is 20.3 Å². The third kappa shape index (κ3) is 4.01. The number of hydrogen-bond acceptors (Lipinski definition) is 5. The molecule has 0 aliphatic carbocycles. The first kappa shape index (κ1) is 11.6. The Kier molecular flexibility index (Phi) is 4.15. The predicted octanol–water partition coefficient (Wildman–Crippen LogP) is 0.784. The van der Waals surface area contributed by atoms with Crippen LogP contribution < -0.4 is 0 Å². The minimum atomic E-state index is -0.414. The summed E-state index contributed by atoms with van der Waals surface area (Å²) in [6.45, 7) is 2.75. The van der Waals surface area contributed by atoms with Crippen molar-refractivity contribution in [1.82, 2.24) is 0 Å². The van der Waals surface area contributed by atoms with E-state index in [1.807, 2.05) is 0 Å². The molecule has 84 valence electrons. The molecule has 1 aliphatic heterocycles. The minimum Gasteiger partial charge on any atom is -0.491 e. The predicted molar refractivity (Wildman–Crippen MR) is 50.8 cm³/mol. The van der Waals surface area contributed by atoms with Gasteiger partial charge in [0.25, 0.3) is 0 Å². The van der Waals surface area contributed by atoms with E-state index in [1.54, 1.807) is 6.08 Å². The zero-order valence-corrected chi connectivity index (χ0v) is 8.76. The van der Waals surface area contributed by atoms with E-state index in [2.05, 4.69) is 0 Å². The smallest absolute Gasteiger partial charge is 0.303 e. The lowest BCUT2D eigenvalue weighted by atomic mass is 10.1. The molecule has 0 fully saturated rings. The monoisotopic (exact) mass is 214 g/mol. The van der Waals surface area contributed by atoms with E-state index >= 15 is 0 Å². The molecule has 0 N–H and O–H groups in total. The van der Waals surface area contributed by atoms with Gasteiger partial charge in [-0.15, -0.1) is 0 Å². The number of rotatable bonds is 3. The maximum absolute atomic E-state index is 10.8. The van der Waals surface area contributed by atoms with Crippen LogP contribution in [0.5, 0.6) is 0 Å². The van der Waals surface area contributed by atoms with Gasteiger partial charge in [0.2, 0.25) is 0 Å². The van der Waals surface area contributed by atoms with Crippen LogP contribution in [0.3, 0.4) is 0 Å². The normalized spacial score (nSPS) is 24.1. The molecule has 0 saturated carbocycles. The Morgan fingerprint density at radius 3 is 2.73 bits per heavy atom. The molecule has 5 heteroatoms. The fourth-order valence-electron chi connectivity index (χ4n) is 1.27. The summed E-state index contributed by atoms with van der Waals surface area (Å²) in [5.41, 5.74) is 0. The molecule has 0 aromatic rings. The number of hydrogen-bond donors (Lipinski definition) is 0. The van der Waals surface area contributed by atoms with Crippen LogP contribution in [0.4, 0.5) is 0 Å². The molecule has 0 aromatic carbocycles. The summed E-state index contributed by atoms with van der Waals surface area (Å²) in [6.07, 6.45) is 3.06. The van der Waals surface area contributed by atoms with E-state index in [0.717, 1.165) is 0 Å². The summed E-state index contributed by atoms with van der Waals surface area (Å²) in [6, 6.07) is 0. The first-order valence-electron chi connectivity index (χ1n) is 4.70. The van der Waals surface area contributed by atoms with E-state index < -0.39 is 6.10 Å². The maximum atomic E-state index is 10.8. The van der Waals surface area contributed by atoms with Crippen molar-refractivity contribution in [1.29, 1.82) is 0 Å². The van der Waals surface area contributed by atoms with Crippen molar-refractivity contribution in [3.63, 3.8) is 0 Å². The maximum Gasteiger partial charge on any atom is 0.303 e. The van der Waals surface area contributed by atoms with Crippen LogP contribution in [0.25, 0.3) is 0 Å². The second-order valence-corrected chi connectivity index (χ2v) is 3.23. The van der Waals surface area contributed by atoms with Gasteiger partial charge in [-0.05, 0) is 6.08 Å². The fraction of sp³-hybridized carbons (Fsp3) is 0.600. The van der Waals surface area contributed by atoms with E-state index in [0.29, 0.717) is 6.42 Å².